The minimum atomic E-state index is -0.269. The zero-order valence-electron chi connectivity index (χ0n) is 10.6. The second kappa shape index (κ2) is 4.79. The third-order valence-electron chi connectivity index (χ3n) is 2.54. The Morgan fingerprint density at radius 2 is 1.69 bits per heavy atom. The van der Waals surface area contributed by atoms with Crippen LogP contribution in [0.25, 0.3) is 0 Å². The Balaban J connectivity index is 2.73. The van der Waals surface area contributed by atoms with E-state index in [-0.39, 0.29) is 11.3 Å². The number of benzene rings is 1. The van der Waals surface area contributed by atoms with Gasteiger partial charge in [-0.25, -0.2) is 0 Å². The summed E-state index contributed by atoms with van der Waals surface area (Å²) in [4.78, 5) is 11.9. The van der Waals surface area contributed by atoms with Gasteiger partial charge in [0.05, 0.1) is 0 Å². The molecule has 0 unspecified atom stereocenters. The van der Waals surface area contributed by atoms with Gasteiger partial charge >= 0.3 is 0 Å². The van der Waals surface area contributed by atoms with Gasteiger partial charge in [-0.2, -0.15) is 0 Å². The Morgan fingerprint density at radius 1 is 1.19 bits per heavy atom. The second-order valence-corrected chi connectivity index (χ2v) is 5.29. The van der Waals surface area contributed by atoms with Gasteiger partial charge in [0, 0.05) is 17.5 Å². The number of rotatable bonds is 4. The van der Waals surface area contributed by atoms with Gasteiger partial charge in [-0.05, 0) is 46.2 Å². The minimum Gasteiger partial charge on any atom is -0.326 e. The standard InChI is InChI=1S/C14H21NO/c1-10-7-11(2)9-12(8-10)13(16)5-6-14(3,4)15/h7-9H,5-6,15H2,1-4H3. The van der Waals surface area contributed by atoms with Crippen molar-refractivity contribution >= 4 is 5.78 Å². The molecule has 1 rings (SSSR count). The van der Waals surface area contributed by atoms with Gasteiger partial charge in [0.15, 0.2) is 5.78 Å². The number of hydrogen-bond donors (Lipinski definition) is 1. The molecule has 2 nitrogen and oxygen atoms in total. The molecule has 16 heavy (non-hydrogen) atoms. The fraction of sp³-hybridized carbons (Fsp3) is 0.500. The molecule has 0 radical (unpaired) electrons. The maximum atomic E-state index is 11.9. The Kier molecular flexibility index (Phi) is 3.87. The van der Waals surface area contributed by atoms with Crippen molar-refractivity contribution in [3.05, 3.63) is 34.9 Å². The third-order valence-corrected chi connectivity index (χ3v) is 2.54. The summed E-state index contributed by atoms with van der Waals surface area (Å²) in [6.45, 7) is 7.91. The number of ketones is 1. The number of nitrogens with two attached hydrogens (primary N) is 1. The average Bonchev–Trinajstić information content (AvgIpc) is 2.11. The first-order valence-electron chi connectivity index (χ1n) is 5.68. The first-order chi connectivity index (χ1) is 7.28. The van der Waals surface area contributed by atoms with Gasteiger partial charge in [0.2, 0.25) is 0 Å². The zero-order chi connectivity index (χ0) is 12.3. The van der Waals surface area contributed by atoms with Crippen LogP contribution in [0.4, 0.5) is 0 Å². The van der Waals surface area contributed by atoms with E-state index in [1.54, 1.807) is 0 Å². The molecule has 0 aliphatic carbocycles. The summed E-state index contributed by atoms with van der Waals surface area (Å²) >= 11 is 0. The summed E-state index contributed by atoms with van der Waals surface area (Å²) in [6.07, 6.45) is 1.24. The molecule has 0 bridgehead atoms. The van der Waals surface area contributed by atoms with Crippen molar-refractivity contribution in [2.75, 3.05) is 0 Å². The van der Waals surface area contributed by atoms with Crippen molar-refractivity contribution in [1.82, 2.24) is 0 Å². The quantitative estimate of drug-likeness (QED) is 0.791. The summed E-state index contributed by atoms with van der Waals surface area (Å²) < 4.78 is 0. The van der Waals surface area contributed by atoms with E-state index in [1.807, 2.05) is 39.8 Å². The molecule has 0 saturated carbocycles. The molecule has 88 valence electrons. The van der Waals surface area contributed by atoms with Crippen LogP contribution in [0.15, 0.2) is 18.2 Å². The molecular weight excluding hydrogens is 198 g/mol. The fourth-order valence-corrected chi connectivity index (χ4v) is 1.72. The van der Waals surface area contributed by atoms with Crippen molar-refractivity contribution in [3.63, 3.8) is 0 Å². The largest absolute Gasteiger partial charge is 0.326 e. The van der Waals surface area contributed by atoms with Crippen LogP contribution >= 0.6 is 0 Å². The highest BCUT2D eigenvalue weighted by molar-refractivity contribution is 5.96. The highest BCUT2D eigenvalue weighted by Crippen LogP contribution is 2.14. The van der Waals surface area contributed by atoms with E-state index in [9.17, 15) is 4.79 Å². The van der Waals surface area contributed by atoms with E-state index in [2.05, 4.69) is 6.07 Å². The first kappa shape index (κ1) is 12.9. The molecule has 0 saturated heterocycles. The van der Waals surface area contributed by atoms with Gasteiger partial charge in [-0.3, -0.25) is 4.79 Å². The van der Waals surface area contributed by atoms with Crippen LogP contribution in [0.3, 0.4) is 0 Å². The molecule has 2 heteroatoms. The van der Waals surface area contributed by atoms with Crippen molar-refractivity contribution in [2.45, 2.75) is 46.1 Å². The lowest BCUT2D eigenvalue weighted by Gasteiger charge is -2.17. The molecule has 1 aromatic rings. The van der Waals surface area contributed by atoms with Crippen LogP contribution in [0, 0.1) is 13.8 Å². The summed E-state index contributed by atoms with van der Waals surface area (Å²) in [5, 5.41) is 0. The van der Waals surface area contributed by atoms with Crippen LogP contribution in [0.2, 0.25) is 0 Å². The molecule has 0 aliphatic rings. The molecular formula is C14H21NO. The Hall–Kier alpha value is -1.15. The zero-order valence-corrected chi connectivity index (χ0v) is 10.6. The van der Waals surface area contributed by atoms with Crippen molar-refractivity contribution in [3.8, 4) is 0 Å². The summed E-state index contributed by atoms with van der Waals surface area (Å²) in [7, 11) is 0. The van der Waals surface area contributed by atoms with E-state index in [4.69, 9.17) is 5.73 Å². The van der Waals surface area contributed by atoms with Crippen LogP contribution < -0.4 is 5.73 Å². The third kappa shape index (κ3) is 4.15. The summed E-state index contributed by atoms with van der Waals surface area (Å²) in [5.41, 5.74) is 8.68. The van der Waals surface area contributed by atoms with E-state index in [1.165, 1.54) is 0 Å². The van der Waals surface area contributed by atoms with E-state index < -0.39 is 0 Å². The van der Waals surface area contributed by atoms with Crippen molar-refractivity contribution < 1.29 is 4.79 Å². The lowest BCUT2D eigenvalue weighted by Crippen LogP contribution is -2.32. The van der Waals surface area contributed by atoms with Gasteiger partial charge in [-0.1, -0.05) is 17.2 Å². The highest BCUT2D eigenvalue weighted by atomic mass is 16.1. The monoisotopic (exact) mass is 219 g/mol. The Labute approximate surface area is 97.9 Å². The minimum absolute atomic E-state index is 0.185. The smallest absolute Gasteiger partial charge is 0.162 e. The number of Topliss-reactive ketones (excluding diaryl/α,β-unsaturated/α-hetero) is 1. The SMILES string of the molecule is Cc1cc(C)cc(C(=O)CCC(C)(C)N)c1. The van der Waals surface area contributed by atoms with E-state index in [0.29, 0.717) is 6.42 Å². The number of carbonyl (C=O) groups is 1. The lowest BCUT2D eigenvalue weighted by atomic mass is 9.95. The normalized spacial score (nSPS) is 11.6. The fourth-order valence-electron chi connectivity index (χ4n) is 1.72. The number of aryl methyl sites for hydroxylation is 2. The van der Waals surface area contributed by atoms with Gasteiger partial charge in [0.1, 0.15) is 0 Å². The Morgan fingerprint density at radius 3 is 2.12 bits per heavy atom. The molecule has 0 aromatic heterocycles. The van der Waals surface area contributed by atoms with E-state index >= 15 is 0 Å². The van der Waals surface area contributed by atoms with Crippen LogP contribution in [-0.2, 0) is 0 Å². The van der Waals surface area contributed by atoms with Crippen LogP contribution in [-0.4, -0.2) is 11.3 Å². The highest BCUT2D eigenvalue weighted by Gasteiger charge is 2.14. The maximum absolute atomic E-state index is 11.9. The predicted molar refractivity (Wildman–Crippen MR) is 67.7 cm³/mol. The molecule has 0 aliphatic heterocycles. The molecule has 1 aromatic carbocycles. The van der Waals surface area contributed by atoms with Gasteiger partial charge in [0.25, 0.3) is 0 Å². The average molecular weight is 219 g/mol. The second-order valence-electron chi connectivity index (χ2n) is 5.29. The molecule has 2 N–H and O–H groups in total. The van der Waals surface area contributed by atoms with Gasteiger partial charge in [-0.15, -0.1) is 0 Å². The molecule has 0 atom stereocenters. The topological polar surface area (TPSA) is 43.1 Å². The number of hydrogen-bond acceptors (Lipinski definition) is 2. The predicted octanol–water partition coefficient (Wildman–Crippen LogP) is 3.00. The van der Waals surface area contributed by atoms with Gasteiger partial charge < -0.3 is 5.73 Å². The van der Waals surface area contributed by atoms with Crippen LogP contribution in [0.5, 0.6) is 0 Å². The maximum Gasteiger partial charge on any atom is 0.162 e. The summed E-state index contributed by atoms with van der Waals surface area (Å²) in [6, 6.07) is 5.96. The van der Waals surface area contributed by atoms with E-state index in [0.717, 1.165) is 23.1 Å². The molecule has 0 heterocycles. The Bertz CT molecular complexity index is 368. The lowest BCUT2D eigenvalue weighted by molar-refractivity contribution is 0.0972. The first-order valence-corrected chi connectivity index (χ1v) is 5.68. The number of carbonyl (C=O) groups excluding carboxylic acids is 1. The molecule has 0 fully saturated rings. The van der Waals surface area contributed by atoms with Crippen LogP contribution in [0.1, 0.15) is 48.2 Å². The molecule has 0 amide bonds. The summed E-state index contributed by atoms with van der Waals surface area (Å²) in [5.74, 6) is 0.185. The van der Waals surface area contributed by atoms with Crippen molar-refractivity contribution in [2.24, 2.45) is 5.73 Å². The van der Waals surface area contributed by atoms with Crippen molar-refractivity contribution in [1.29, 1.82) is 0 Å². The molecule has 0 spiro atoms.